The predicted octanol–water partition coefficient (Wildman–Crippen LogP) is 3.51. The summed E-state index contributed by atoms with van der Waals surface area (Å²) < 4.78 is 0. The van der Waals surface area contributed by atoms with Crippen molar-refractivity contribution in [2.24, 2.45) is 0 Å². The maximum Gasteiger partial charge on any atom is 0.0626 e. The highest BCUT2D eigenvalue weighted by molar-refractivity contribution is 6.27. The van der Waals surface area contributed by atoms with Crippen LogP contribution in [0.1, 0.15) is 16.7 Å². The summed E-state index contributed by atoms with van der Waals surface area (Å²) in [5.41, 5.74) is 4.68. The molecule has 1 aromatic rings. The molecular weight excluding hydrogens is 180 g/mol. The zero-order valence-electron chi connectivity index (χ0n) is 7.39. The molecule has 0 nitrogen and oxygen atoms in total. The van der Waals surface area contributed by atoms with Gasteiger partial charge in [0.05, 0.1) is 5.38 Å². The highest BCUT2D eigenvalue weighted by Crippen LogP contribution is 2.37. The molecule has 1 atom stereocenters. The number of alkyl halides is 1. The van der Waals surface area contributed by atoms with E-state index in [0.29, 0.717) is 0 Å². The summed E-state index contributed by atoms with van der Waals surface area (Å²) in [6.45, 7) is 7.79. The number of rotatable bonds is 1. The van der Waals surface area contributed by atoms with Crippen LogP contribution in [0.25, 0.3) is 11.6 Å². The Labute approximate surface area is 83.5 Å². The lowest BCUT2D eigenvalue weighted by Gasteiger charge is -2.04. The van der Waals surface area contributed by atoms with Crippen molar-refractivity contribution in [2.45, 2.75) is 11.8 Å². The molecule has 0 bridgehead atoms. The quantitative estimate of drug-likeness (QED) is 0.595. The normalized spacial score (nSPS) is 20.1. The van der Waals surface area contributed by atoms with Gasteiger partial charge in [0.15, 0.2) is 0 Å². The average molecular weight is 191 g/mol. The Morgan fingerprint density at radius 3 is 2.92 bits per heavy atom. The summed E-state index contributed by atoms with van der Waals surface area (Å²) in [4.78, 5) is 0. The third-order valence-corrected chi connectivity index (χ3v) is 2.92. The molecule has 1 heteroatoms. The van der Waals surface area contributed by atoms with E-state index in [1.54, 1.807) is 0 Å². The van der Waals surface area contributed by atoms with E-state index in [1.165, 1.54) is 11.1 Å². The van der Waals surface area contributed by atoms with Gasteiger partial charge >= 0.3 is 0 Å². The number of hydrogen-bond acceptors (Lipinski definition) is 0. The van der Waals surface area contributed by atoms with Crippen LogP contribution in [0, 0.1) is 0 Å². The van der Waals surface area contributed by atoms with Crippen molar-refractivity contribution in [3.05, 3.63) is 48.0 Å². The smallest absolute Gasteiger partial charge is 0.0626 e. The van der Waals surface area contributed by atoms with Gasteiger partial charge in [-0.05, 0) is 28.7 Å². The van der Waals surface area contributed by atoms with Crippen molar-refractivity contribution < 1.29 is 0 Å². The third-order valence-electron chi connectivity index (χ3n) is 2.50. The lowest BCUT2D eigenvalue weighted by Crippen LogP contribution is -1.92. The van der Waals surface area contributed by atoms with E-state index in [1.807, 2.05) is 18.2 Å². The van der Waals surface area contributed by atoms with Crippen LogP contribution >= 0.6 is 11.6 Å². The molecule has 1 aromatic carbocycles. The summed E-state index contributed by atoms with van der Waals surface area (Å²) in [7, 11) is 0. The standard InChI is InChI=1S/C12H11Cl/c1-3-9-5-4-6-10-7-11(13)8(2)12(9)10/h3-6,11H,1-2,7H2. The fourth-order valence-corrected chi connectivity index (χ4v) is 2.10. The Morgan fingerprint density at radius 1 is 1.46 bits per heavy atom. The lowest BCUT2D eigenvalue weighted by atomic mass is 10.0. The van der Waals surface area contributed by atoms with Crippen molar-refractivity contribution in [2.75, 3.05) is 0 Å². The maximum absolute atomic E-state index is 6.12. The second-order valence-corrected chi connectivity index (χ2v) is 3.81. The maximum atomic E-state index is 6.12. The minimum atomic E-state index is 0.0658. The van der Waals surface area contributed by atoms with E-state index in [-0.39, 0.29) is 5.38 Å². The van der Waals surface area contributed by atoms with Crippen molar-refractivity contribution >= 4 is 23.3 Å². The van der Waals surface area contributed by atoms with Crippen LogP contribution in [0.3, 0.4) is 0 Å². The molecule has 1 aliphatic rings. The van der Waals surface area contributed by atoms with E-state index < -0.39 is 0 Å². The van der Waals surface area contributed by atoms with Gasteiger partial charge < -0.3 is 0 Å². The number of fused-ring (bicyclic) bond motifs is 1. The van der Waals surface area contributed by atoms with Gasteiger partial charge in [-0.1, -0.05) is 37.4 Å². The molecule has 1 aliphatic carbocycles. The minimum absolute atomic E-state index is 0.0658. The van der Waals surface area contributed by atoms with Crippen LogP contribution in [0.2, 0.25) is 0 Å². The predicted molar refractivity (Wildman–Crippen MR) is 58.9 cm³/mol. The SMILES string of the molecule is C=Cc1cccc2c1C(=C)C(Cl)C2. The molecular formula is C12H11Cl. The first kappa shape index (κ1) is 8.58. The van der Waals surface area contributed by atoms with E-state index in [2.05, 4.69) is 19.2 Å². The fraction of sp³-hybridized carbons (Fsp3) is 0.167. The zero-order valence-corrected chi connectivity index (χ0v) is 8.14. The largest absolute Gasteiger partial charge is 0.117 e. The molecule has 0 fully saturated rings. The molecule has 0 amide bonds. The van der Waals surface area contributed by atoms with Gasteiger partial charge in [0.1, 0.15) is 0 Å². The van der Waals surface area contributed by atoms with Crippen LogP contribution in [-0.2, 0) is 6.42 Å². The van der Waals surface area contributed by atoms with Gasteiger partial charge in [0.25, 0.3) is 0 Å². The van der Waals surface area contributed by atoms with Gasteiger partial charge in [0, 0.05) is 0 Å². The van der Waals surface area contributed by atoms with Crippen LogP contribution in [0.15, 0.2) is 31.4 Å². The lowest BCUT2D eigenvalue weighted by molar-refractivity contribution is 1.09. The third kappa shape index (κ3) is 1.22. The topological polar surface area (TPSA) is 0 Å². The van der Waals surface area contributed by atoms with Crippen LogP contribution in [0.5, 0.6) is 0 Å². The van der Waals surface area contributed by atoms with E-state index in [9.17, 15) is 0 Å². The zero-order chi connectivity index (χ0) is 9.42. The van der Waals surface area contributed by atoms with Crippen molar-refractivity contribution in [3.63, 3.8) is 0 Å². The molecule has 0 radical (unpaired) electrons. The summed E-state index contributed by atoms with van der Waals surface area (Å²) >= 11 is 6.12. The molecule has 0 N–H and O–H groups in total. The van der Waals surface area contributed by atoms with Crippen LogP contribution < -0.4 is 0 Å². The Bertz CT molecular complexity index is 377. The van der Waals surface area contributed by atoms with Crippen molar-refractivity contribution in [1.29, 1.82) is 0 Å². The highest BCUT2D eigenvalue weighted by Gasteiger charge is 2.24. The molecule has 0 aromatic heterocycles. The van der Waals surface area contributed by atoms with Gasteiger partial charge in [-0.2, -0.15) is 0 Å². The number of benzene rings is 1. The molecule has 0 spiro atoms. The van der Waals surface area contributed by atoms with E-state index >= 15 is 0 Å². The minimum Gasteiger partial charge on any atom is -0.117 e. The molecule has 2 rings (SSSR count). The highest BCUT2D eigenvalue weighted by atomic mass is 35.5. The van der Waals surface area contributed by atoms with Gasteiger partial charge in [-0.15, -0.1) is 11.6 Å². The number of hydrogen-bond donors (Lipinski definition) is 0. The molecule has 1 unspecified atom stereocenters. The molecule has 0 heterocycles. The van der Waals surface area contributed by atoms with Crippen LogP contribution in [-0.4, -0.2) is 5.38 Å². The van der Waals surface area contributed by atoms with Gasteiger partial charge in [0.2, 0.25) is 0 Å². The van der Waals surface area contributed by atoms with Gasteiger partial charge in [-0.3, -0.25) is 0 Å². The second-order valence-electron chi connectivity index (χ2n) is 3.28. The Kier molecular flexibility index (Phi) is 2.01. The molecule has 0 saturated heterocycles. The molecule has 13 heavy (non-hydrogen) atoms. The first-order valence-electron chi connectivity index (χ1n) is 4.31. The van der Waals surface area contributed by atoms with Gasteiger partial charge in [-0.25, -0.2) is 0 Å². The molecule has 0 saturated carbocycles. The Hall–Kier alpha value is -1.01. The fourth-order valence-electron chi connectivity index (χ4n) is 1.82. The first-order valence-corrected chi connectivity index (χ1v) is 4.75. The Morgan fingerprint density at radius 2 is 2.23 bits per heavy atom. The van der Waals surface area contributed by atoms with E-state index in [4.69, 9.17) is 11.6 Å². The summed E-state index contributed by atoms with van der Waals surface area (Å²) in [6, 6.07) is 6.19. The van der Waals surface area contributed by atoms with Crippen molar-refractivity contribution in [1.82, 2.24) is 0 Å². The second kappa shape index (κ2) is 3.04. The number of allylic oxidation sites excluding steroid dienone is 1. The molecule has 0 aliphatic heterocycles. The number of halogens is 1. The first-order chi connectivity index (χ1) is 6.24. The summed E-state index contributed by atoms with van der Waals surface area (Å²) in [5.74, 6) is 0. The summed E-state index contributed by atoms with van der Waals surface area (Å²) in [6.07, 6.45) is 2.76. The van der Waals surface area contributed by atoms with Crippen molar-refractivity contribution in [3.8, 4) is 0 Å². The Balaban J connectivity index is 2.64. The monoisotopic (exact) mass is 190 g/mol. The van der Waals surface area contributed by atoms with Crippen LogP contribution in [0.4, 0.5) is 0 Å². The average Bonchev–Trinajstić information content (AvgIpc) is 2.43. The summed E-state index contributed by atoms with van der Waals surface area (Å²) in [5, 5.41) is 0.0658. The van der Waals surface area contributed by atoms with E-state index in [0.717, 1.165) is 17.6 Å². The molecule has 66 valence electrons.